The molecule has 0 heterocycles. The number of carbonyl (C=O) groups excluding carboxylic acids is 4. The summed E-state index contributed by atoms with van der Waals surface area (Å²) in [6.45, 7) is 34.6. The van der Waals surface area contributed by atoms with Crippen molar-refractivity contribution in [3.63, 3.8) is 0 Å². The van der Waals surface area contributed by atoms with Crippen LogP contribution in [0.5, 0.6) is 0 Å². The number of carboxylic acids is 4. The molecule has 12 heteroatoms. The van der Waals surface area contributed by atoms with Crippen molar-refractivity contribution < 1.29 is 78.6 Å². The standard InChI is InChI=1S/2C9H21P.4C3H6O2.2Rh/c2*1-7(2)10(8(3)4)9(5)6;4*1-2-3(4)5;;/h2*7-9H,1-6H3;4*2H2,1H3,(H,4,5);;/q;;;;;;2*+2/p-2. The third-order valence-corrected chi connectivity index (χ3v) is 13.2. The molecule has 0 fully saturated rings. The van der Waals surface area contributed by atoms with Gasteiger partial charge in [0, 0.05) is 39.7 Å². The van der Waals surface area contributed by atoms with Gasteiger partial charge in [-0.1, -0.05) is 27.7 Å². The molecule has 0 bridgehead atoms. The minimum atomic E-state index is -0.995. The van der Waals surface area contributed by atoms with Crippen LogP contribution < -0.4 is 20.4 Å². The summed E-state index contributed by atoms with van der Waals surface area (Å²) >= 11 is 0. The van der Waals surface area contributed by atoms with Crippen molar-refractivity contribution >= 4 is 39.7 Å². The topological polar surface area (TPSA) is 161 Å². The number of aliphatic carboxylic acids is 4. The summed E-state index contributed by atoms with van der Waals surface area (Å²) in [5.41, 5.74) is 5.61. The third-order valence-electron chi connectivity index (χ3n) is 5.15. The van der Waals surface area contributed by atoms with Crippen LogP contribution in [-0.2, 0) is 58.1 Å². The van der Waals surface area contributed by atoms with E-state index in [-0.39, 0.29) is 80.5 Å². The van der Waals surface area contributed by atoms with Crippen LogP contribution in [0, 0.1) is 0 Å². The smallest absolute Gasteiger partial charge is 0.550 e. The van der Waals surface area contributed by atoms with Crippen molar-refractivity contribution in [2.75, 3.05) is 0 Å². The second kappa shape index (κ2) is 41.0. The molecule has 0 aromatic heterocycles. The monoisotopic (exact) mass is 820 g/mol. The maximum absolute atomic E-state index is 9.26. The van der Waals surface area contributed by atoms with E-state index < -0.39 is 23.9 Å². The first kappa shape index (κ1) is 61.1. The van der Waals surface area contributed by atoms with Gasteiger partial charge in [0.2, 0.25) is 0 Å². The Bertz CT molecular complexity index is 498. The van der Waals surface area contributed by atoms with E-state index in [4.69, 9.17) is 0 Å². The van der Waals surface area contributed by atoms with Crippen molar-refractivity contribution in [3.05, 3.63) is 0 Å². The second-order valence-electron chi connectivity index (χ2n) is 10.8. The van der Waals surface area contributed by atoms with Crippen molar-refractivity contribution in [3.8, 4) is 0 Å². The number of carboxylic acid groups (broad SMARTS) is 4. The van der Waals surface area contributed by atoms with E-state index in [1.165, 1.54) is 27.7 Å². The Morgan fingerprint density at radius 3 is 0.452 bits per heavy atom. The van der Waals surface area contributed by atoms with Gasteiger partial charge in [-0.25, -0.2) is 0 Å². The summed E-state index contributed by atoms with van der Waals surface area (Å²) in [6.07, 6.45) is 0.444. The summed E-state index contributed by atoms with van der Waals surface area (Å²) < 4.78 is 0. The Labute approximate surface area is 287 Å². The zero-order chi connectivity index (χ0) is 33.8. The summed E-state index contributed by atoms with van der Waals surface area (Å²) in [5.74, 6) is -3.98. The molecule has 0 aromatic carbocycles. The van der Waals surface area contributed by atoms with Gasteiger partial charge in [-0.3, -0.25) is 0 Å². The largest absolute Gasteiger partial charge is 2.00 e. The quantitative estimate of drug-likeness (QED) is 0.240. The maximum Gasteiger partial charge on any atom is 2.00 e. The van der Waals surface area contributed by atoms with Crippen molar-refractivity contribution in [2.24, 2.45) is 0 Å². The average molecular weight is 821 g/mol. The van der Waals surface area contributed by atoms with Crippen LogP contribution in [0.2, 0.25) is 0 Å². The fourth-order valence-corrected chi connectivity index (χ4v) is 12.0. The first-order valence-electron chi connectivity index (χ1n) is 14.5. The zero-order valence-electron chi connectivity index (χ0n) is 29.2. The van der Waals surface area contributed by atoms with Gasteiger partial charge in [-0.2, -0.15) is 0 Å². The van der Waals surface area contributed by atoms with Gasteiger partial charge in [0.05, 0.1) is 34.0 Å². The van der Waals surface area contributed by atoms with Gasteiger partial charge in [-0.15, -0.1) is 0 Å². The molecule has 42 heavy (non-hydrogen) atoms. The molecule has 0 unspecified atom stereocenters. The van der Waals surface area contributed by atoms with E-state index in [1.807, 2.05) is 0 Å². The van der Waals surface area contributed by atoms with Crippen LogP contribution in [0.15, 0.2) is 0 Å². The fraction of sp³-hybridized carbons (Fsp3) is 0.867. The molecule has 0 aromatic rings. The van der Waals surface area contributed by atoms with Crippen LogP contribution in [0.3, 0.4) is 0 Å². The van der Waals surface area contributed by atoms with Crippen molar-refractivity contribution in [1.82, 2.24) is 0 Å². The molecule has 0 N–H and O–H groups in total. The molecule has 0 rings (SSSR count). The Kier molecular flexibility index (Phi) is 59.6. The first-order chi connectivity index (χ1) is 18.0. The Morgan fingerprint density at radius 2 is 0.452 bits per heavy atom. The molecule has 0 amide bonds. The van der Waals surface area contributed by atoms with Crippen LogP contribution >= 0.6 is 15.8 Å². The Balaban J connectivity index is -0.0000000564. The van der Waals surface area contributed by atoms with Gasteiger partial charge in [-0.05, 0) is 109 Å². The molecule has 0 atom stereocenters. The minimum Gasteiger partial charge on any atom is -0.550 e. The molecular formula is C30H64O8P2Rh2+2. The van der Waals surface area contributed by atoms with E-state index in [0.29, 0.717) is 0 Å². The molecule has 2 radical (unpaired) electrons. The average Bonchev–Trinajstić information content (AvgIpc) is 2.79. The molecule has 258 valence electrons. The normalized spacial score (nSPS) is 9.52. The summed E-state index contributed by atoms with van der Waals surface area (Å²) in [6, 6.07) is 0. The van der Waals surface area contributed by atoms with Crippen LogP contribution in [-0.4, -0.2) is 57.8 Å². The molecular weight excluding hydrogens is 756 g/mol. The van der Waals surface area contributed by atoms with Gasteiger partial charge in [0.15, 0.2) is 0 Å². The molecule has 0 spiro atoms. The Hall–Kier alpha value is -0.0132. The van der Waals surface area contributed by atoms with Gasteiger partial charge >= 0.3 is 39.0 Å². The van der Waals surface area contributed by atoms with Gasteiger partial charge in [0.1, 0.15) is 0 Å². The van der Waals surface area contributed by atoms with E-state index in [9.17, 15) is 39.6 Å². The maximum atomic E-state index is 9.26. The fourth-order valence-electron chi connectivity index (χ4n) is 4.00. The number of hydrogen-bond donors (Lipinski definition) is 0. The third kappa shape index (κ3) is 59.4. The van der Waals surface area contributed by atoms with E-state index in [1.54, 1.807) is 0 Å². The zero-order valence-corrected chi connectivity index (χ0v) is 34.5. The summed E-state index contributed by atoms with van der Waals surface area (Å²) in [7, 11) is -0.191. The minimum absolute atomic E-state index is 0. The molecule has 0 saturated heterocycles. The molecule has 0 aliphatic rings. The molecule has 8 nitrogen and oxygen atoms in total. The van der Waals surface area contributed by atoms with E-state index in [2.05, 4.69) is 83.1 Å². The second-order valence-corrected chi connectivity index (χ2v) is 19.8. The predicted molar refractivity (Wildman–Crippen MR) is 169 cm³/mol. The van der Waals surface area contributed by atoms with Crippen molar-refractivity contribution in [1.29, 1.82) is 0 Å². The number of carbonyl (C=O) groups is 4. The van der Waals surface area contributed by atoms with Crippen LogP contribution in [0.25, 0.3) is 0 Å². The number of rotatable bonds is 10. The van der Waals surface area contributed by atoms with E-state index >= 15 is 0 Å². The van der Waals surface area contributed by atoms with Gasteiger partial charge < -0.3 is 39.6 Å². The SMILES string of the molecule is CC(C)[PH+](C(C)C)C(C)C.CC(C)[PH+](C(C)C)C(C)C.CCC(=O)[O-].CCC(=O)[O-].CCC(=O)[O-].CCC(=O)[O-].[Rh+2].[Rh+2]. The van der Waals surface area contributed by atoms with Gasteiger partial charge in [0.25, 0.3) is 0 Å². The van der Waals surface area contributed by atoms with Crippen LogP contribution in [0.1, 0.15) is 136 Å². The van der Waals surface area contributed by atoms with Crippen LogP contribution in [0.4, 0.5) is 0 Å². The summed E-state index contributed by atoms with van der Waals surface area (Å²) in [5, 5.41) is 37.0. The predicted octanol–water partition coefficient (Wildman–Crippen LogP) is 3.43. The molecule has 0 saturated carbocycles. The Morgan fingerprint density at radius 1 is 0.381 bits per heavy atom. The number of hydrogen-bond acceptors (Lipinski definition) is 8. The summed E-state index contributed by atoms with van der Waals surface area (Å²) in [4.78, 5) is 37.0. The molecule has 0 aliphatic heterocycles. The molecule has 0 aliphatic carbocycles. The van der Waals surface area contributed by atoms with E-state index in [0.717, 1.165) is 34.0 Å². The first-order valence-corrected chi connectivity index (χ1v) is 18.0. The van der Waals surface area contributed by atoms with Crippen molar-refractivity contribution in [2.45, 2.75) is 170 Å².